The van der Waals surface area contributed by atoms with Crippen molar-refractivity contribution in [3.8, 4) is 0 Å². The SMILES string of the molecule is OCc1cn(C2CCCN(c3ncc(Cl)cc3Cl)C2)nn1. The molecule has 0 amide bonds. The third kappa shape index (κ3) is 3.12. The third-order valence-corrected chi connectivity index (χ3v) is 4.06. The molecule has 2 aromatic heterocycles. The molecule has 0 bridgehead atoms. The van der Waals surface area contributed by atoms with Gasteiger partial charge in [-0.15, -0.1) is 5.10 Å². The van der Waals surface area contributed by atoms with Gasteiger partial charge in [0.1, 0.15) is 11.5 Å². The van der Waals surface area contributed by atoms with Crippen molar-refractivity contribution in [1.29, 1.82) is 0 Å². The average Bonchev–Trinajstić information content (AvgIpc) is 2.96. The lowest BCUT2D eigenvalue weighted by molar-refractivity contribution is 0.276. The van der Waals surface area contributed by atoms with Crippen LogP contribution in [0.4, 0.5) is 5.82 Å². The summed E-state index contributed by atoms with van der Waals surface area (Å²) in [6.45, 7) is 1.55. The minimum absolute atomic E-state index is 0.0962. The fourth-order valence-corrected chi connectivity index (χ4v) is 3.07. The second-order valence-electron chi connectivity index (χ2n) is 5.05. The van der Waals surface area contributed by atoms with E-state index in [9.17, 15) is 0 Å². The van der Waals surface area contributed by atoms with Gasteiger partial charge in [-0.1, -0.05) is 28.4 Å². The Balaban J connectivity index is 1.79. The fraction of sp³-hybridized carbons (Fsp3) is 0.462. The Labute approximate surface area is 132 Å². The second kappa shape index (κ2) is 6.17. The Morgan fingerprint density at radius 3 is 2.95 bits per heavy atom. The van der Waals surface area contributed by atoms with Crippen molar-refractivity contribution >= 4 is 29.0 Å². The van der Waals surface area contributed by atoms with Crippen LogP contribution < -0.4 is 4.90 Å². The van der Waals surface area contributed by atoms with Crippen LogP contribution in [0.3, 0.4) is 0 Å². The number of halogens is 2. The summed E-state index contributed by atoms with van der Waals surface area (Å²) in [7, 11) is 0. The first kappa shape index (κ1) is 14.6. The highest BCUT2D eigenvalue weighted by molar-refractivity contribution is 6.36. The van der Waals surface area contributed by atoms with Crippen LogP contribution in [0.5, 0.6) is 0 Å². The zero-order valence-corrected chi connectivity index (χ0v) is 12.8. The maximum Gasteiger partial charge on any atom is 0.147 e. The predicted molar refractivity (Wildman–Crippen MR) is 80.7 cm³/mol. The number of anilines is 1. The summed E-state index contributed by atoms with van der Waals surface area (Å²) >= 11 is 12.1. The quantitative estimate of drug-likeness (QED) is 0.936. The van der Waals surface area contributed by atoms with E-state index in [-0.39, 0.29) is 12.6 Å². The molecule has 3 heterocycles. The first-order valence-corrected chi connectivity index (χ1v) is 7.50. The van der Waals surface area contributed by atoms with Crippen LogP contribution in [0.2, 0.25) is 10.0 Å². The summed E-state index contributed by atoms with van der Waals surface area (Å²) in [6, 6.07) is 1.90. The van der Waals surface area contributed by atoms with Crippen molar-refractivity contribution in [2.75, 3.05) is 18.0 Å². The normalized spacial score (nSPS) is 19.0. The molecular formula is C13H15Cl2N5O. The number of nitrogens with zero attached hydrogens (tertiary/aromatic N) is 5. The van der Waals surface area contributed by atoms with Gasteiger partial charge in [0.05, 0.1) is 28.9 Å². The summed E-state index contributed by atoms with van der Waals surface area (Å²) in [6.07, 6.45) is 5.41. The molecule has 2 aromatic rings. The lowest BCUT2D eigenvalue weighted by Crippen LogP contribution is -2.37. The number of aliphatic hydroxyl groups is 1. The molecule has 0 saturated carbocycles. The van der Waals surface area contributed by atoms with Crippen LogP contribution in [0.25, 0.3) is 0 Å². The van der Waals surface area contributed by atoms with E-state index in [2.05, 4.69) is 20.2 Å². The maximum atomic E-state index is 9.08. The molecule has 1 aliphatic rings. The molecule has 1 unspecified atom stereocenters. The van der Waals surface area contributed by atoms with Gasteiger partial charge in [-0.05, 0) is 18.9 Å². The van der Waals surface area contributed by atoms with Crippen molar-refractivity contribution in [3.05, 3.63) is 34.2 Å². The van der Waals surface area contributed by atoms with Gasteiger partial charge in [0, 0.05) is 19.3 Å². The van der Waals surface area contributed by atoms with Crippen LogP contribution in [0.15, 0.2) is 18.5 Å². The Bertz CT molecular complexity index is 633. The van der Waals surface area contributed by atoms with Gasteiger partial charge in [0.25, 0.3) is 0 Å². The lowest BCUT2D eigenvalue weighted by atomic mass is 10.1. The first-order chi connectivity index (χ1) is 10.2. The molecule has 0 aliphatic carbocycles. The summed E-state index contributed by atoms with van der Waals surface area (Å²) in [5, 5.41) is 18.2. The van der Waals surface area contributed by atoms with Gasteiger partial charge in [0.2, 0.25) is 0 Å². The molecule has 1 fully saturated rings. The number of pyridine rings is 1. The van der Waals surface area contributed by atoms with Crippen molar-refractivity contribution < 1.29 is 5.11 Å². The molecule has 112 valence electrons. The number of hydrogen-bond acceptors (Lipinski definition) is 5. The van der Waals surface area contributed by atoms with E-state index in [1.54, 1.807) is 18.5 Å². The summed E-state index contributed by atoms with van der Waals surface area (Å²) in [5.74, 6) is 0.744. The van der Waals surface area contributed by atoms with E-state index in [0.717, 1.165) is 31.7 Å². The Morgan fingerprint density at radius 2 is 2.24 bits per heavy atom. The largest absolute Gasteiger partial charge is 0.390 e. The van der Waals surface area contributed by atoms with Crippen molar-refractivity contribution in [1.82, 2.24) is 20.0 Å². The van der Waals surface area contributed by atoms with E-state index in [4.69, 9.17) is 28.3 Å². The van der Waals surface area contributed by atoms with Crippen molar-refractivity contribution in [3.63, 3.8) is 0 Å². The third-order valence-electron chi connectivity index (χ3n) is 3.58. The van der Waals surface area contributed by atoms with E-state index >= 15 is 0 Å². The van der Waals surface area contributed by atoms with Gasteiger partial charge in [-0.3, -0.25) is 0 Å². The van der Waals surface area contributed by atoms with Crippen LogP contribution in [-0.4, -0.2) is 38.2 Å². The van der Waals surface area contributed by atoms with E-state index < -0.39 is 0 Å². The highest BCUT2D eigenvalue weighted by Gasteiger charge is 2.24. The van der Waals surface area contributed by atoms with Gasteiger partial charge in [-0.2, -0.15) is 0 Å². The Kier molecular flexibility index (Phi) is 4.28. The smallest absolute Gasteiger partial charge is 0.147 e. The monoisotopic (exact) mass is 327 g/mol. The molecule has 0 radical (unpaired) electrons. The van der Waals surface area contributed by atoms with Gasteiger partial charge in [0.15, 0.2) is 0 Å². The van der Waals surface area contributed by atoms with E-state index in [1.165, 1.54) is 0 Å². The highest BCUT2D eigenvalue weighted by Crippen LogP contribution is 2.30. The van der Waals surface area contributed by atoms with Crippen molar-refractivity contribution in [2.45, 2.75) is 25.5 Å². The standard InChI is InChI=1S/C13H15Cl2N5O/c14-9-4-12(15)13(16-5-9)19-3-1-2-11(7-19)20-6-10(8-21)17-18-20/h4-6,11,21H,1-3,7-8H2. The topological polar surface area (TPSA) is 67.1 Å². The molecule has 21 heavy (non-hydrogen) atoms. The van der Waals surface area contributed by atoms with Gasteiger partial charge in [-0.25, -0.2) is 9.67 Å². The summed E-state index contributed by atoms with van der Waals surface area (Å²) in [4.78, 5) is 6.46. The second-order valence-corrected chi connectivity index (χ2v) is 5.89. The molecular weight excluding hydrogens is 313 g/mol. The number of rotatable bonds is 3. The van der Waals surface area contributed by atoms with Crippen LogP contribution in [0, 0.1) is 0 Å². The zero-order valence-electron chi connectivity index (χ0n) is 11.3. The minimum Gasteiger partial charge on any atom is -0.390 e. The Hall–Kier alpha value is -1.37. The molecule has 0 spiro atoms. The predicted octanol–water partition coefficient (Wildman–Crippen LogP) is 2.31. The number of aromatic nitrogens is 4. The molecule has 8 heteroatoms. The zero-order chi connectivity index (χ0) is 14.8. The van der Waals surface area contributed by atoms with E-state index in [1.807, 2.05) is 4.68 Å². The maximum absolute atomic E-state index is 9.08. The molecule has 1 aliphatic heterocycles. The van der Waals surface area contributed by atoms with E-state index in [0.29, 0.717) is 15.7 Å². The van der Waals surface area contributed by atoms with Gasteiger partial charge >= 0.3 is 0 Å². The Morgan fingerprint density at radius 1 is 1.38 bits per heavy atom. The number of piperidine rings is 1. The summed E-state index contributed by atoms with van der Waals surface area (Å²) in [5.41, 5.74) is 0.578. The molecule has 6 nitrogen and oxygen atoms in total. The molecule has 1 saturated heterocycles. The lowest BCUT2D eigenvalue weighted by Gasteiger charge is -2.33. The van der Waals surface area contributed by atoms with Crippen LogP contribution in [0.1, 0.15) is 24.6 Å². The average molecular weight is 328 g/mol. The number of hydrogen-bond donors (Lipinski definition) is 1. The molecule has 0 aromatic carbocycles. The van der Waals surface area contributed by atoms with Gasteiger partial charge < -0.3 is 10.0 Å². The number of aliphatic hydroxyl groups excluding tert-OH is 1. The summed E-state index contributed by atoms with van der Waals surface area (Å²) < 4.78 is 1.81. The molecule has 3 rings (SSSR count). The minimum atomic E-state index is -0.0962. The first-order valence-electron chi connectivity index (χ1n) is 6.75. The fourth-order valence-electron chi connectivity index (χ4n) is 2.57. The molecule has 1 atom stereocenters. The molecule has 1 N–H and O–H groups in total. The van der Waals surface area contributed by atoms with Crippen molar-refractivity contribution in [2.24, 2.45) is 0 Å². The highest BCUT2D eigenvalue weighted by atomic mass is 35.5. The van der Waals surface area contributed by atoms with Crippen LogP contribution in [-0.2, 0) is 6.61 Å². The van der Waals surface area contributed by atoms with Crippen LogP contribution >= 0.6 is 23.2 Å².